The highest BCUT2D eigenvalue weighted by atomic mass is 35.5. The molecule has 5 amide bonds. The number of hydrogen-bond donors (Lipinski definition) is 18. The van der Waals surface area contributed by atoms with E-state index in [0.29, 0.717) is 26.2 Å². The minimum absolute atomic E-state index is 0. The van der Waals surface area contributed by atoms with Crippen molar-refractivity contribution in [3.63, 3.8) is 0 Å². The number of nitrogens with one attached hydrogen (secondary N) is 8. The Morgan fingerprint density at radius 3 is 1.07 bits per heavy atom. The van der Waals surface area contributed by atoms with Crippen molar-refractivity contribution in [3.05, 3.63) is 0 Å². The maximum atomic E-state index is 12.2. The summed E-state index contributed by atoms with van der Waals surface area (Å²) in [6.07, 6.45) is -12.0. The van der Waals surface area contributed by atoms with Crippen LogP contribution in [0.3, 0.4) is 0 Å². The van der Waals surface area contributed by atoms with E-state index in [4.69, 9.17) is 5.73 Å². The first-order valence-electron chi connectivity index (χ1n) is 30.7. The Hall–Kier alpha value is -4.43. The predicted octanol–water partition coefficient (Wildman–Crippen LogP) is -7.96. The molecule has 33 heteroatoms. The van der Waals surface area contributed by atoms with Gasteiger partial charge >= 0.3 is 11.9 Å². The fourth-order valence-electron chi connectivity index (χ4n) is 7.79. The van der Waals surface area contributed by atoms with E-state index in [1.165, 1.54) is 25.9 Å². The van der Waals surface area contributed by atoms with Gasteiger partial charge in [-0.05, 0) is 86.0 Å². The first kappa shape index (κ1) is 93.3. The van der Waals surface area contributed by atoms with Gasteiger partial charge in [0.05, 0.1) is 40.3 Å². The maximum absolute atomic E-state index is 12.2. The summed E-state index contributed by atoms with van der Waals surface area (Å²) in [7, 11) is 8.00. The molecule has 528 valence electrons. The van der Waals surface area contributed by atoms with Crippen molar-refractivity contribution < 1.29 is 94.4 Å². The summed E-state index contributed by atoms with van der Waals surface area (Å²) in [6.45, 7) is 26.1. The molecule has 32 nitrogen and oxygen atoms in total. The van der Waals surface area contributed by atoms with E-state index in [2.05, 4.69) is 107 Å². The molecule has 8 atom stereocenters. The topological polar surface area (TPSA) is 480 Å². The number of Topliss-reactive ketones (excluding diaryl/α,β-unsaturated/α-hetero) is 1. The van der Waals surface area contributed by atoms with Gasteiger partial charge in [0.2, 0.25) is 11.8 Å². The second-order valence-corrected chi connectivity index (χ2v) is 20.4. The minimum Gasteiger partial charge on any atom is -0.469 e. The van der Waals surface area contributed by atoms with Crippen LogP contribution in [-0.4, -0.2) is 336 Å². The highest BCUT2D eigenvalue weighted by molar-refractivity contribution is 5.89. The third-order valence-electron chi connectivity index (χ3n) is 12.9. The number of nitrogens with two attached hydrogens (primary N) is 1. The molecule has 0 aliphatic rings. The van der Waals surface area contributed by atoms with Gasteiger partial charge in [0.15, 0.2) is 24.1 Å². The molecule has 0 aromatic rings. The summed E-state index contributed by atoms with van der Waals surface area (Å²) in [5, 5.41) is 99.7. The van der Waals surface area contributed by atoms with E-state index in [-0.39, 0.29) is 18.8 Å². The van der Waals surface area contributed by atoms with Crippen LogP contribution in [0.15, 0.2) is 0 Å². The van der Waals surface area contributed by atoms with Crippen LogP contribution in [0.1, 0.15) is 86.0 Å². The van der Waals surface area contributed by atoms with Gasteiger partial charge in [-0.1, -0.05) is 41.0 Å². The van der Waals surface area contributed by atoms with E-state index in [1.807, 2.05) is 26.5 Å². The lowest BCUT2D eigenvalue weighted by Crippen LogP contribution is -2.55. The van der Waals surface area contributed by atoms with E-state index >= 15 is 0 Å². The van der Waals surface area contributed by atoms with E-state index in [9.17, 15) is 79.2 Å². The summed E-state index contributed by atoms with van der Waals surface area (Å²) in [5.74, 6) is -7.13. The lowest BCUT2D eigenvalue weighted by molar-refractivity contribution is -0.368. The molecule has 0 aliphatic carbocycles. The number of halogens is 1. The molecule has 0 saturated heterocycles. The quantitative estimate of drug-likeness (QED) is 0.0252. The van der Waals surface area contributed by atoms with Gasteiger partial charge < -0.3 is 119 Å². The zero-order valence-electron chi connectivity index (χ0n) is 55.0. The van der Waals surface area contributed by atoms with Crippen LogP contribution in [0, 0.1) is 0 Å². The largest absolute Gasteiger partial charge is 0.469 e. The third-order valence-corrected chi connectivity index (χ3v) is 12.9. The molecule has 0 radical (unpaired) electrons. The molecule has 0 rings (SSSR count). The van der Waals surface area contributed by atoms with Crippen LogP contribution < -0.4 is 54.0 Å². The summed E-state index contributed by atoms with van der Waals surface area (Å²) in [4.78, 5) is 102. The molecule has 21 N–H and O–H groups in total. The number of ether oxygens (including phenoxy) is 2. The molecule has 0 unspecified atom stereocenters. The maximum Gasteiger partial charge on any atom is 0.325 e. The molecule has 0 aromatic carbocycles. The number of aliphatic hydroxyl groups excluding tert-OH is 8. The van der Waals surface area contributed by atoms with Crippen LogP contribution in [-0.2, 0) is 47.8 Å². The van der Waals surface area contributed by atoms with Crippen molar-refractivity contribution in [1.82, 2.24) is 62.1 Å². The SMILES string of the molecule is CCCCN(CCC)CCNC(=O)CNC(=O)[C@@H](O)[C@@H](O)[C@H](O)[C@@H](O)C(=O)NCC(=O)NCCN(CCC)CCNC.CCCN(CCN)CCNC.CCCN(CC[NH3+])CCNC.COC(=O)CCC(=O)[C@@H](O)[C@@H](O)[C@H](O)[C@@H](O)C(=O)NCC(=O)OC.Cl. The van der Waals surface area contributed by atoms with Crippen molar-refractivity contribution in [1.29, 1.82) is 0 Å². The van der Waals surface area contributed by atoms with Crippen molar-refractivity contribution >= 4 is 59.7 Å². The number of carbonyl (C=O) groups is 8. The monoisotopic (exact) mass is 1310 g/mol. The van der Waals surface area contributed by atoms with Gasteiger partial charge in [-0.2, -0.15) is 0 Å². The Kier molecular flexibility index (Phi) is 65.4. The highest BCUT2D eigenvalue weighted by Crippen LogP contribution is 2.10. The van der Waals surface area contributed by atoms with E-state index in [0.717, 1.165) is 125 Å². The molecule has 0 spiro atoms. The Balaban J connectivity index is -0.000000415. The van der Waals surface area contributed by atoms with Gasteiger partial charge in [-0.3, -0.25) is 43.3 Å². The smallest absolute Gasteiger partial charge is 0.325 e. The average Bonchev–Trinajstić information content (AvgIpc) is 3.64. The number of likely N-dealkylation sites (N-methyl/N-ethyl adjacent to an activating group) is 3. The normalized spacial score (nSPS) is 13.6. The first-order valence-corrected chi connectivity index (χ1v) is 30.7. The summed E-state index contributed by atoms with van der Waals surface area (Å²) in [5.41, 5.74) is 9.32. The number of amides is 5. The first-order chi connectivity index (χ1) is 41.9. The number of methoxy groups -OCH3 is 2. The van der Waals surface area contributed by atoms with Crippen LogP contribution in [0.2, 0.25) is 0 Å². The minimum atomic E-state index is -2.25. The fraction of sp³-hybridized carbons (Fsp3) is 0.857. The third kappa shape index (κ3) is 49.9. The second kappa shape index (κ2) is 62.4. The Labute approximate surface area is 534 Å². The van der Waals surface area contributed by atoms with Crippen molar-refractivity contribution in [2.24, 2.45) is 5.73 Å². The molecule has 0 heterocycles. The van der Waals surface area contributed by atoms with Gasteiger partial charge in [0.25, 0.3) is 17.7 Å². The lowest BCUT2D eigenvalue weighted by atomic mass is 9.97. The molecule has 0 fully saturated rings. The number of carbonyl (C=O) groups excluding carboxylic acids is 8. The molecule has 0 saturated carbocycles. The molecular weight excluding hydrogens is 1190 g/mol. The summed E-state index contributed by atoms with van der Waals surface area (Å²) >= 11 is 0. The average molecular weight is 1310 g/mol. The van der Waals surface area contributed by atoms with Crippen LogP contribution in [0.4, 0.5) is 0 Å². The Bertz CT molecular complexity index is 1680. The van der Waals surface area contributed by atoms with Crippen molar-refractivity contribution in [3.8, 4) is 0 Å². The fourth-order valence-corrected chi connectivity index (χ4v) is 7.79. The highest BCUT2D eigenvalue weighted by Gasteiger charge is 2.39. The Morgan fingerprint density at radius 2 is 0.742 bits per heavy atom. The zero-order chi connectivity index (χ0) is 67.8. The number of unbranched alkanes of at least 4 members (excludes halogenated alkanes) is 1. The van der Waals surface area contributed by atoms with Gasteiger partial charge in [-0.15, -0.1) is 12.4 Å². The number of ketones is 1. The number of aliphatic hydroxyl groups is 8. The van der Waals surface area contributed by atoms with Gasteiger partial charge in [0.1, 0.15) is 37.1 Å². The summed E-state index contributed by atoms with van der Waals surface area (Å²) < 4.78 is 8.54. The molecule has 0 aromatic heterocycles. The van der Waals surface area contributed by atoms with Gasteiger partial charge in [-0.25, -0.2) is 0 Å². The number of quaternary nitrogens is 1. The predicted molar refractivity (Wildman–Crippen MR) is 339 cm³/mol. The number of hydrogen-bond acceptors (Lipinski definition) is 26. The summed E-state index contributed by atoms with van der Waals surface area (Å²) in [6, 6.07) is 0. The van der Waals surface area contributed by atoms with Crippen molar-refractivity contribution in [2.45, 2.75) is 135 Å². The molecular formula is C56H120ClN14O18+. The molecule has 89 heavy (non-hydrogen) atoms. The van der Waals surface area contributed by atoms with Crippen LogP contribution in [0.5, 0.6) is 0 Å². The van der Waals surface area contributed by atoms with Gasteiger partial charge in [0, 0.05) is 91.5 Å². The Morgan fingerprint density at radius 1 is 0.416 bits per heavy atom. The van der Waals surface area contributed by atoms with E-state index < -0.39 is 122 Å². The molecule has 0 bridgehead atoms. The standard InChI is InChI=1S/C27H55N7O8.C13H21NO10.2C8H21N3.ClH/c1-5-8-14-33(12-6-2)16-10-29-20(35)18-31-26(41)24(39)22(37)23(38)25(40)27(42)32-19-21(36)30-11-17-34(13-7-3)15-9-28-4;1-23-7(16)4-3-6(15)9(18)10(19)11(20)12(21)13(22)14-5-8(17)24-2;2*1-3-6-11(7-4-9)8-5-10-2;/h22-25,28,37-40H,5-19H2,1-4H3,(H,29,35)(H,30,36)(H,31,41)(H,32,42);9-12,18-21H,3-5H2,1-2H3,(H,14,22);2*10H,3-9H2,1-2H3;1H/p+1/t22-,23-,24-,25+;9-,10-,11+,12-;;;/m01.../s1. The van der Waals surface area contributed by atoms with Crippen LogP contribution in [0.25, 0.3) is 0 Å². The number of nitrogens with zero attached hydrogens (tertiary/aromatic N) is 4. The van der Waals surface area contributed by atoms with Crippen LogP contribution >= 0.6 is 12.4 Å². The molecule has 0 aliphatic heterocycles. The number of esters is 2. The number of rotatable bonds is 49. The second-order valence-electron chi connectivity index (χ2n) is 20.4. The lowest BCUT2D eigenvalue weighted by Gasteiger charge is -2.25. The van der Waals surface area contributed by atoms with E-state index in [1.54, 1.807) is 0 Å². The van der Waals surface area contributed by atoms with Crippen molar-refractivity contribution in [2.75, 3.05) is 179 Å². The zero-order valence-corrected chi connectivity index (χ0v) is 55.8.